The van der Waals surface area contributed by atoms with Crippen molar-refractivity contribution in [1.29, 1.82) is 0 Å². The van der Waals surface area contributed by atoms with Crippen LogP contribution in [0.1, 0.15) is 0 Å². The Bertz CT molecular complexity index is 81.6. The third-order valence-corrected chi connectivity index (χ3v) is 0.434. The van der Waals surface area contributed by atoms with Crippen LogP contribution in [-0.4, -0.2) is 9.97 Å². The first kappa shape index (κ1) is 7.46. The fourth-order valence-electron chi connectivity index (χ4n) is 0.225. The van der Waals surface area contributed by atoms with Crippen LogP contribution in [0.15, 0.2) is 18.6 Å². The van der Waals surface area contributed by atoms with Gasteiger partial charge in [-0.15, -0.1) is 12.4 Å². The van der Waals surface area contributed by atoms with E-state index < -0.39 is 0 Å². The number of rotatable bonds is 0. The predicted molar refractivity (Wildman–Crippen MR) is 20.9 cm³/mol. The van der Waals surface area contributed by atoms with Crippen LogP contribution in [0.3, 0.4) is 0 Å². The average molecular weight is 219 g/mol. The molecule has 0 aromatic carbocycles. The molecule has 0 saturated carbocycles. The van der Waals surface area contributed by atoms with E-state index in [4.69, 9.17) is 0 Å². The summed E-state index contributed by atoms with van der Waals surface area (Å²) in [7, 11) is 0. The number of hydrogen-bond acceptors (Lipinski definition) is 2. The summed E-state index contributed by atoms with van der Waals surface area (Å²) in [5.74, 6) is 0. The zero-order valence-corrected chi connectivity index (χ0v) is 6.77. The summed E-state index contributed by atoms with van der Waals surface area (Å²) in [6.07, 6.45) is 7.24. The van der Waals surface area contributed by atoms with Gasteiger partial charge in [-0.05, 0) is 12.4 Å². The molecule has 1 rings (SSSR count). The molecule has 0 aliphatic heterocycles. The molecule has 34 valence electrons. The van der Waals surface area contributed by atoms with E-state index in [1.165, 1.54) is 6.20 Å². The van der Waals surface area contributed by atoms with Crippen molar-refractivity contribution in [1.82, 2.24) is 9.97 Å². The first-order valence-electron chi connectivity index (χ1n) is 1.62. The van der Waals surface area contributed by atoms with Crippen molar-refractivity contribution in [3.63, 3.8) is 0 Å². The average Bonchev–Trinajstić information content (AvgIpc) is 1.72. The van der Waals surface area contributed by atoms with Gasteiger partial charge in [0.25, 0.3) is 0 Å². The topological polar surface area (TPSA) is 25.8 Å². The van der Waals surface area contributed by atoms with Crippen LogP contribution in [0.5, 0.6) is 0 Å². The summed E-state index contributed by atoms with van der Waals surface area (Å²) in [5.41, 5.74) is 0. The third kappa shape index (κ3) is 3.08. The summed E-state index contributed by atoms with van der Waals surface area (Å²) in [5, 5.41) is 0. The standard InChI is InChI=1S/C4H3N2.Ce/c1-2-6-4-3-5-1;/h1-3H;/q-1;. The van der Waals surface area contributed by atoms with E-state index in [1.807, 2.05) is 0 Å². The first-order chi connectivity index (χ1) is 3.00. The maximum atomic E-state index is 3.67. The van der Waals surface area contributed by atoms with Gasteiger partial charge >= 0.3 is 0 Å². The maximum Gasteiger partial charge on any atom is 0 e. The van der Waals surface area contributed by atoms with Gasteiger partial charge in [-0.1, -0.05) is 0 Å². The van der Waals surface area contributed by atoms with Crippen LogP contribution in [0.2, 0.25) is 0 Å². The van der Waals surface area contributed by atoms with Crippen LogP contribution in [0, 0.1) is 47.9 Å². The first-order valence-corrected chi connectivity index (χ1v) is 1.62. The van der Waals surface area contributed by atoms with Crippen LogP contribution < -0.4 is 0 Å². The number of aromatic nitrogens is 2. The van der Waals surface area contributed by atoms with Crippen LogP contribution in [0.25, 0.3) is 0 Å². The third-order valence-electron chi connectivity index (χ3n) is 0.434. The minimum absolute atomic E-state index is 0. The second-order valence-electron chi connectivity index (χ2n) is 0.835. The Morgan fingerprint density at radius 3 is 2.29 bits per heavy atom. The molecule has 1 aromatic heterocycles. The van der Waals surface area contributed by atoms with Gasteiger partial charge in [0.05, 0.1) is 0 Å². The van der Waals surface area contributed by atoms with Crippen molar-refractivity contribution in [2.45, 2.75) is 0 Å². The van der Waals surface area contributed by atoms with Crippen molar-refractivity contribution in [2.24, 2.45) is 0 Å². The molecule has 0 radical (unpaired) electrons. The van der Waals surface area contributed by atoms with Crippen molar-refractivity contribution in [3.8, 4) is 0 Å². The minimum atomic E-state index is 0. The maximum absolute atomic E-state index is 3.67. The van der Waals surface area contributed by atoms with Crippen molar-refractivity contribution >= 4 is 0 Å². The van der Waals surface area contributed by atoms with Gasteiger partial charge in [0.2, 0.25) is 0 Å². The second kappa shape index (κ2) is 4.61. The number of nitrogens with zero attached hydrogens (tertiary/aromatic N) is 2. The molecule has 0 atom stereocenters. The van der Waals surface area contributed by atoms with Crippen molar-refractivity contribution in [3.05, 3.63) is 24.8 Å². The normalized spacial score (nSPS) is 6.86. The summed E-state index contributed by atoms with van der Waals surface area (Å²) < 4.78 is 0. The van der Waals surface area contributed by atoms with Gasteiger partial charge in [0.15, 0.2) is 0 Å². The van der Waals surface area contributed by atoms with E-state index >= 15 is 0 Å². The molecular formula is C4H3CeN2-. The Morgan fingerprint density at radius 2 is 2.14 bits per heavy atom. The summed E-state index contributed by atoms with van der Waals surface area (Å²) in [6.45, 7) is 0. The van der Waals surface area contributed by atoms with E-state index in [0.717, 1.165) is 0 Å². The van der Waals surface area contributed by atoms with Gasteiger partial charge in [-0.2, -0.15) is 0 Å². The molecule has 0 aliphatic carbocycles. The SMILES string of the molecule is [Ce].[c-]1cnccn1. The van der Waals surface area contributed by atoms with Gasteiger partial charge in [0, 0.05) is 41.7 Å². The molecule has 7 heavy (non-hydrogen) atoms. The molecule has 1 heterocycles. The molecule has 0 amide bonds. The fraction of sp³-hybridized carbons (Fsp3) is 0. The Labute approximate surface area is 75.8 Å². The predicted octanol–water partition coefficient (Wildman–Crippen LogP) is 0.277. The van der Waals surface area contributed by atoms with E-state index in [2.05, 4.69) is 16.2 Å². The summed E-state index contributed by atoms with van der Waals surface area (Å²) >= 11 is 0. The molecule has 0 spiro atoms. The fourth-order valence-corrected chi connectivity index (χ4v) is 0.225. The Kier molecular flexibility index (Phi) is 4.91. The minimum Gasteiger partial charge on any atom is -0.456 e. The second-order valence-corrected chi connectivity index (χ2v) is 0.835. The Hall–Kier alpha value is 0.457. The molecule has 0 unspecified atom stereocenters. The Balaban J connectivity index is 0.000000360. The van der Waals surface area contributed by atoms with Crippen LogP contribution >= 0.6 is 0 Å². The molecule has 3 heteroatoms. The summed E-state index contributed by atoms with van der Waals surface area (Å²) in [4.78, 5) is 7.26. The quantitative estimate of drug-likeness (QED) is 0.586. The van der Waals surface area contributed by atoms with E-state index in [0.29, 0.717) is 0 Å². The van der Waals surface area contributed by atoms with Crippen molar-refractivity contribution < 1.29 is 41.7 Å². The molecule has 0 N–H and O–H groups in total. The molecule has 0 aliphatic rings. The zero-order valence-electron chi connectivity index (χ0n) is 3.63. The zero-order chi connectivity index (χ0) is 4.24. The molecule has 2 nitrogen and oxygen atoms in total. The molecular weight excluding hydrogens is 216 g/mol. The summed E-state index contributed by atoms with van der Waals surface area (Å²) in [6, 6.07) is 0. The van der Waals surface area contributed by atoms with E-state index in [1.54, 1.807) is 12.4 Å². The molecule has 0 saturated heterocycles. The van der Waals surface area contributed by atoms with Crippen LogP contribution in [0.4, 0.5) is 0 Å². The monoisotopic (exact) mass is 219 g/mol. The largest absolute Gasteiger partial charge is 0.456 e. The molecule has 0 bridgehead atoms. The van der Waals surface area contributed by atoms with Gasteiger partial charge in [-0.3, -0.25) is 0 Å². The Morgan fingerprint density at radius 1 is 1.29 bits per heavy atom. The van der Waals surface area contributed by atoms with Crippen LogP contribution in [-0.2, 0) is 0 Å². The van der Waals surface area contributed by atoms with E-state index in [-0.39, 0.29) is 41.7 Å². The van der Waals surface area contributed by atoms with Gasteiger partial charge in [0.1, 0.15) is 0 Å². The number of hydrogen-bond donors (Lipinski definition) is 0. The smallest absolute Gasteiger partial charge is 0 e. The van der Waals surface area contributed by atoms with Gasteiger partial charge in [-0.25, -0.2) is 0 Å². The molecule has 1 aromatic rings. The van der Waals surface area contributed by atoms with Crippen molar-refractivity contribution in [2.75, 3.05) is 0 Å². The van der Waals surface area contributed by atoms with Gasteiger partial charge < -0.3 is 9.97 Å². The molecule has 0 fully saturated rings. The van der Waals surface area contributed by atoms with E-state index in [9.17, 15) is 0 Å².